The molecule has 2 fully saturated rings. The molecule has 7 N–H and O–H groups in total. The van der Waals surface area contributed by atoms with E-state index in [1.165, 1.54) is 21.9 Å². The van der Waals surface area contributed by atoms with E-state index in [2.05, 4.69) is 117 Å². The molecule has 382 valence electrons. The summed E-state index contributed by atoms with van der Waals surface area (Å²) >= 11 is 0. The van der Waals surface area contributed by atoms with Gasteiger partial charge in [0.1, 0.15) is 24.7 Å². The normalized spacial score (nSPS) is 14.4. The van der Waals surface area contributed by atoms with Crippen molar-refractivity contribution < 1.29 is 26.7 Å². The van der Waals surface area contributed by atoms with Crippen molar-refractivity contribution >= 4 is 39.2 Å². The molecule has 2 aromatic carbocycles. The molecule has 8 heterocycles. The summed E-state index contributed by atoms with van der Waals surface area (Å²) in [6.45, 7) is 9.33. The Bertz CT molecular complexity index is 3060. The highest BCUT2D eigenvalue weighted by Gasteiger charge is 2.28. The molecule has 6 aromatic heterocycles. The van der Waals surface area contributed by atoms with Gasteiger partial charge in [-0.15, -0.1) is 10.2 Å². The van der Waals surface area contributed by atoms with Gasteiger partial charge in [-0.05, 0) is 107 Å². The molecule has 2 saturated heterocycles. The molecule has 72 heavy (non-hydrogen) atoms. The third-order valence-electron chi connectivity index (χ3n) is 11.9. The highest BCUT2D eigenvalue weighted by molar-refractivity contribution is 7.90. The fourth-order valence-corrected chi connectivity index (χ4v) is 8.04. The molecule has 2 aliphatic heterocycles. The van der Waals surface area contributed by atoms with Gasteiger partial charge in [-0.2, -0.15) is 38.9 Å². The second kappa shape index (κ2) is 23.3. The highest BCUT2D eigenvalue weighted by atomic mass is 32.2. The average molecular weight is 1010 g/mol. The molecular formula is C47H62N18O6S. The first kappa shape index (κ1) is 51.1. The number of nitrogens with one attached hydrogen (secondary N) is 1. The summed E-state index contributed by atoms with van der Waals surface area (Å²) in [4.78, 5) is 34.0. The molecule has 0 spiro atoms. The van der Waals surface area contributed by atoms with Crippen LogP contribution in [0.2, 0.25) is 0 Å². The molecule has 0 radical (unpaired) electrons. The molecule has 0 aliphatic carbocycles. The van der Waals surface area contributed by atoms with Crippen LogP contribution < -0.4 is 32.0 Å². The van der Waals surface area contributed by atoms with E-state index in [0.29, 0.717) is 54.8 Å². The first-order valence-electron chi connectivity index (χ1n) is 23.4. The lowest BCUT2D eigenvalue weighted by atomic mass is 10.1. The Kier molecular flexibility index (Phi) is 16.5. The molecule has 0 atom stereocenters. The molecule has 0 amide bonds. The predicted molar refractivity (Wildman–Crippen MR) is 271 cm³/mol. The third-order valence-corrected chi connectivity index (χ3v) is 12.8. The minimum atomic E-state index is -3.57. The zero-order valence-corrected chi connectivity index (χ0v) is 41.9. The van der Waals surface area contributed by atoms with E-state index in [9.17, 15) is 8.42 Å². The Morgan fingerprint density at radius 2 is 1.12 bits per heavy atom. The van der Waals surface area contributed by atoms with Gasteiger partial charge in [0.25, 0.3) is 16.7 Å². The lowest BCUT2D eigenvalue weighted by molar-refractivity contribution is 0.0525. The van der Waals surface area contributed by atoms with Gasteiger partial charge < -0.3 is 50.6 Å². The van der Waals surface area contributed by atoms with Gasteiger partial charge in [-0.3, -0.25) is 9.80 Å². The second-order valence-corrected chi connectivity index (χ2v) is 19.7. The fraction of sp³-hybridized carbons (Fsp3) is 0.404. The van der Waals surface area contributed by atoms with E-state index in [1.807, 2.05) is 24.3 Å². The van der Waals surface area contributed by atoms with Crippen LogP contribution in [0.3, 0.4) is 0 Å². The first-order valence-corrected chi connectivity index (χ1v) is 25.3. The number of hydrogen-bond acceptors (Lipinski definition) is 22. The van der Waals surface area contributed by atoms with Gasteiger partial charge in [0.15, 0.2) is 11.5 Å². The highest BCUT2D eigenvalue weighted by Crippen LogP contribution is 2.21. The smallest absolute Gasteiger partial charge is 0.259 e. The summed E-state index contributed by atoms with van der Waals surface area (Å²) in [5.74, 6) is 4.36. The van der Waals surface area contributed by atoms with Crippen molar-refractivity contribution in [2.24, 2.45) is 5.73 Å². The number of rotatable bonds is 19. The van der Waals surface area contributed by atoms with Crippen molar-refractivity contribution in [2.75, 3.05) is 117 Å². The first-order chi connectivity index (χ1) is 34.7. The van der Waals surface area contributed by atoms with Crippen LogP contribution >= 0.6 is 0 Å². The van der Waals surface area contributed by atoms with E-state index < -0.39 is 15.0 Å². The Hall–Kier alpha value is -7.29. The van der Waals surface area contributed by atoms with E-state index in [4.69, 9.17) is 35.5 Å². The average Bonchev–Trinajstić information content (AvgIpc) is 4.17. The number of likely N-dealkylation sites (N-methyl/N-ethyl adjacent to an activating group) is 2. The van der Waals surface area contributed by atoms with Crippen molar-refractivity contribution in [3.05, 3.63) is 96.4 Å². The number of benzene rings is 2. The minimum Gasteiger partial charge on any atom is -0.492 e. The van der Waals surface area contributed by atoms with Crippen LogP contribution in [0.5, 0.6) is 11.5 Å². The predicted octanol–water partition coefficient (Wildman–Crippen LogP) is 2.22. The summed E-state index contributed by atoms with van der Waals surface area (Å²) in [5, 5.41) is 11.2. The zero-order valence-electron chi connectivity index (χ0n) is 41.1. The Balaban J connectivity index is 0.000000156. The number of ether oxygens (including phenoxy) is 2. The number of nitrogen functional groups attached to an aromatic ring is 2. The molecule has 25 heteroatoms. The van der Waals surface area contributed by atoms with E-state index in [1.54, 1.807) is 30.5 Å². The number of anilines is 3. The van der Waals surface area contributed by atoms with Crippen LogP contribution in [0.4, 0.5) is 17.8 Å². The van der Waals surface area contributed by atoms with Crippen LogP contribution in [0.1, 0.15) is 11.1 Å². The number of hydrogen-bond donors (Lipinski definition) is 4. The second-order valence-electron chi connectivity index (χ2n) is 17.7. The maximum atomic E-state index is 11.4. The van der Waals surface area contributed by atoms with E-state index in [0.717, 1.165) is 87.0 Å². The maximum Gasteiger partial charge on any atom is 0.259 e. The Morgan fingerprint density at radius 3 is 1.57 bits per heavy atom. The summed E-state index contributed by atoms with van der Waals surface area (Å²) < 4.78 is 47.5. The van der Waals surface area contributed by atoms with Crippen molar-refractivity contribution in [3.63, 3.8) is 0 Å². The van der Waals surface area contributed by atoms with Crippen molar-refractivity contribution in [3.8, 4) is 34.7 Å². The lowest BCUT2D eigenvalue weighted by Gasteiger charge is -2.42. The van der Waals surface area contributed by atoms with Gasteiger partial charge in [0.05, 0.1) is 12.5 Å². The zero-order chi connectivity index (χ0) is 50.8. The van der Waals surface area contributed by atoms with Crippen LogP contribution in [0.15, 0.2) is 99.3 Å². The summed E-state index contributed by atoms with van der Waals surface area (Å²) in [7, 11) is 4.97. The van der Waals surface area contributed by atoms with Gasteiger partial charge in [0, 0.05) is 64.2 Å². The number of aromatic nitrogens is 10. The number of nitrogens with zero attached hydrogens (tertiary/aromatic N) is 14. The van der Waals surface area contributed by atoms with Gasteiger partial charge in [-0.1, -0.05) is 24.3 Å². The van der Waals surface area contributed by atoms with Gasteiger partial charge in [0.2, 0.25) is 39.3 Å². The molecular weight excluding hydrogens is 945 g/mol. The molecule has 10 rings (SSSR count). The Morgan fingerprint density at radius 1 is 0.653 bits per heavy atom. The fourth-order valence-electron chi connectivity index (χ4n) is 7.54. The maximum absolute atomic E-state index is 11.4. The van der Waals surface area contributed by atoms with Gasteiger partial charge >= 0.3 is 0 Å². The molecule has 8 aromatic rings. The number of furan rings is 2. The van der Waals surface area contributed by atoms with E-state index >= 15 is 0 Å². The quantitative estimate of drug-likeness (QED) is 0.0903. The SMILES string of the molecule is CN(C)C1CN(CCOc2ccc(CCN)cc2)C1.CN(C)C1CN(CCOc2ccc(CCNc3nc(N)n4nc(-c5ccco5)nc4n3)cc2)C1.CS(=O)(=O)c1nc(N)n2nc(-c3ccco3)nc2n1. The standard InChI is InChI=1S/C23H29N9O2.C15H25N3O.C9H8N6O3S/c1-30(2)17-14-31(15-17)11-13-33-18-7-5-16(6-8-18)9-10-25-22-27-21(24)32-23(28-22)26-20(29-32)19-4-3-12-34-19;1-17(2)14-11-18(12-14)9-10-19-15-5-3-13(4-6-15)7-8-16;1-19(16,17)9-12-7(10)15-8(13-9)11-6(14-15)5-3-2-4-18-5/h3-8,12,17H,9-11,13-15H2,1-2H3,(H3,24,25,26,27,28,29);3-6,14H,7-12,16H2,1-2H3;2-4H,1H3,(H2,10,11,12,13,14). The summed E-state index contributed by atoms with van der Waals surface area (Å²) in [6, 6.07) is 24.7. The number of fused-ring (bicyclic) bond motifs is 2. The number of likely N-dealkylation sites (tertiary alicyclic amines) is 2. The van der Waals surface area contributed by atoms with Gasteiger partial charge in [-0.25, -0.2) is 8.42 Å². The van der Waals surface area contributed by atoms with Crippen LogP contribution in [-0.4, -0.2) is 189 Å². The summed E-state index contributed by atoms with van der Waals surface area (Å²) in [6.07, 6.45) is 5.76. The molecule has 2 aliphatic rings. The van der Waals surface area contributed by atoms with Crippen molar-refractivity contribution in [1.29, 1.82) is 0 Å². The van der Waals surface area contributed by atoms with Crippen molar-refractivity contribution in [1.82, 2.24) is 68.7 Å². The number of nitrogens with two attached hydrogens (primary N) is 3. The molecule has 0 bridgehead atoms. The number of sulfone groups is 1. The largest absolute Gasteiger partial charge is 0.492 e. The van der Waals surface area contributed by atoms with Crippen molar-refractivity contribution in [2.45, 2.75) is 30.1 Å². The van der Waals surface area contributed by atoms with Crippen LogP contribution in [0.25, 0.3) is 34.7 Å². The molecule has 24 nitrogen and oxygen atoms in total. The van der Waals surface area contributed by atoms with Crippen LogP contribution in [0, 0.1) is 0 Å². The molecule has 0 saturated carbocycles. The van der Waals surface area contributed by atoms with Crippen LogP contribution in [-0.2, 0) is 22.7 Å². The third kappa shape index (κ3) is 13.4. The topological polar surface area (TPSA) is 294 Å². The monoisotopic (exact) mass is 1010 g/mol. The Labute approximate surface area is 417 Å². The molecule has 0 unspecified atom stereocenters. The minimum absolute atomic E-state index is 0.0410. The summed E-state index contributed by atoms with van der Waals surface area (Å²) in [5.41, 5.74) is 19.7. The lowest BCUT2D eigenvalue weighted by Crippen LogP contribution is -2.57. The van der Waals surface area contributed by atoms with E-state index in [-0.39, 0.29) is 23.5 Å².